The molecule has 0 aromatic rings. The lowest BCUT2D eigenvalue weighted by atomic mass is 9.85. The normalized spacial score (nSPS) is 13.8. The van der Waals surface area contributed by atoms with Gasteiger partial charge < -0.3 is 5.11 Å². The van der Waals surface area contributed by atoms with Crippen molar-refractivity contribution in [2.24, 2.45) is 11.8 Å². The Bertz CT molecular complexity index is 123. The minimum atomic E-state index is -0.0604. The van der Waals surface area contributed by atoms with Gasteiger partial charge in [0, 0.05) is 0 Å². The van der Waals surface area contributed by atoms with Crippen molar-refractivity contribution >= 4 is 0 Å². The molecule has 1 N–H and O–H groups in total. The van der Waals surface area contributed by atoms with Crippen molar-refractivity contribution in [2.45, 2.75) is 78.7 Å². The van der Waals surface area contributed by atoms with Gasteiger partial charge in [-0.2, -0.15) is 0 Å². The van der Waals surface area contributed by atoms with E-state index in [9.17, 15) is 5.11 Å². The van der Waals surface area contributed by atoms with E-state index < -0.39 is 0 Å². The average molecular weight is 214 g/mol. The van der Waals surface area contributed by atoms with E-state index in [0.717, 1.165) is 12.3 Å². The van der Waals surface area contributed by atoms with E-state index in [2.05, 4.69) is 27.7 Å². The van der Waals surface area contributed by atoms with E-state index in [1.807, 2.05) is 0 Å². The van der Waals surface area contributed by atoms with Gasteiger partial charge in [-0.3, -0.25) is 0 Å². The van der Waals surface area contributed by atoms with E-state index >= 15 is 0 Å². The molecule has 15 heavy (non-hydrogen) atoms. The first-order valence-corrected chi connectivity index (χ1v) is 6.87. The minimum Gasteiger partial charge on any atom is -0.393 e. The maximum atomic E-state index is 10.2. The fourth-order valence-electron chi connectivity index (χ4n) is 2.43. The van der Waals surface area contributed by atoms with Crippen LogP contribution in [-0.4, -0.2) is 11.2 Å². The first kappa shape index (κ1) is 15.0. The minimum absolute atomic E-state index is 0.0604. The number of hydrogen-bond donors (Lipinski definition) is 1. The van der Waals surface area contributed by atoms with Gasteiger partial charge >= 0.3 is 0 Å². The quantitative estimate of drug-likeness (QED) is 0.603. The van der Waals surface area contributed by atoms with Gasteiger partial charge in [-0.1, -0.05) is 53.4 Å². The molecule has 0 spiro atoms. The van der Waals surface area contributed by atoms with Crippen LogP contribution < -0.4 is 0 Å². The highest BCUT2D eigenvalue weighted by molar-refractivity contribution is 4.71. The molecule has 0 saturated heterocycles. The van der Waals surface area contributed by atoms with Crippen LogP contribution in [-0.2, 0) is 0 Å². The Balaban J connectivity index is 4.04. The monoisotopic (exact) mass is 214 g/mol. The molecule has 0 heterocycles. The van der Waals surface area contributed by atoms with Crippen LogP contribution in [0.2, 0.25) is 0 Å². The lowest BCUT2D eigenvalue weighted by molar-refractivity contribution is 0.0702. The molecule has 1 atom stereocenters. The molecule has 0 aromatic carbocycles. The summed E-state index contributed by atoms with van der Waals surface area (Å²) in [5, 5.41) is 10.2. The second-order valence-electron chi connectivity index (χ2n) is 4.82. The summed E-state index contributed by atoms with van der Waals surface area (Å²) in [5.74, 6) is 1.26. The molecule has 0 saturated carbocycles. The summed E-state index contributed by atoms with van der Waals surface area (Å²) in [5.41, 5.74) is 0. The predicted octanol–water partition coefficient (Wildman–Crippen LogP) is 4.39. The molecular weight excluding hydrogens is 184 g/mol. The molecular formula is C14H30O. The van der Waals surface area contributed by atoms with E-state index in [1.54, 1.807) is 0 Å². The van der Waals surface area contributed by atoms with Crippen molar-refractivity contribution < 1.29 is 5.11 Å². The van der Waals surface area contributed by atoms with Crippen LogP contribution in [0.3, 0.4) is 0 Å². The van der Waals surface area contributed by atoms with Gasteiger partial charge in [-0.25, -0.2) is 0 Å². The third kappa shape index (κ3) is 6.19. The van der Waals surface area contributed by atoms with Crippen LogP contribution in [0.15, 0.2) is 0 Å². The van der Waals surface area contributed by atoms with E-state index in [0.29, 0.717) is 5.92 Å². The Morgan fingerprint density at radius 3 is 1.67 bits per heavy atom. The highest BCUT2D eigenvalue weighted by atomic mass is 16.3. The van der Waals surface area contributed by atoms with E-state index in [4.69, 9.17) is 0 Å². The summed E-state index contributed by atoms with van der Waals surface area (Å²) in [4.78, 5) is 0. The van der Waals surface area contributed by atoms with Crippen LogP contribution >= 0.6 is 0 Å². The first-order valence-electron chi connectivity index (χ1n) is 6.87. The van der Waals surface area contributed by atoms with E-state index in [-0.39, 0.29) is 6.10 Å². The van der Waals surface area contributed by atoms with E-state index in [1.165, 1.54) is 38.5 Å². The molecule has 0 bridgehead atoms. The predicted molar refractivity (Wildman–Crippen MR) is 68.0 cm³/mol. The smallest absolute Gasteiger partial charge is 0.0571 e. The Hall–Kier alpha value is -0.0400. The van der Waals surface area contributed by atoms with Crippen molar-refractivity contribution in [2.75, 3.05) is 0 Å². The highest BCUT2D eigenvalue weighted by Gasteiger charge is 2.20. The lowest BCUT2D eigenvalue weighted by Gasteiger charge is -2.25. The second kappa shape index (κ2) is 9.21. The van der Waals surface area contributed by atoms with Crippen molar-refractivity contribution in [3.05, 3.63) is 0 Å². The molecule has 0 aliphatic rings. The number of rotatable bonds is 9. The van der Waals surface area contributed by atoms with Gasteiger partial charge in [-0.15, -0.1) is 0 Å². The van der Waals surface area contributed by atoms with Crippen molar-refractivity contribution in [1.29, 1.82) is 0 Å². The number of hydrogen-bond acceptors (Lipinski definition) is 1. The maximum absolute atomic E-state index is 10.2. The summed E-state index contributed by atoms with van der Waals surface area (Å²) >= 11 is 0. The standard InChI is InChI=1S/C14H30O/c1-5-9-13(10-6-2)14(15)11-12(7-3)8-4/h12-15H,5-11H2,1-4H3. The first-order chi connectivity index (χ1) is 7.19. The summed E-state index contributed by atoms with van der Waals surface area (Å²) < 4.78 is 0. The maximum Gasteiger partial charge on any atom is 0.0571 e. The number of aliphatic hydroxyl groups is 1. The molecule has 0 aromatic heterocycles. The Morgan fingerprint density at radius 2 is 1.33 bits per heavy atom. The third-order valence-corrected chi connectivity index (χ3v) is 3.59. The third-order valence-electron chi connectivity index (χ3n) is 3.59. The fourth-order valence-corrected chi connectivity index (χ4v) is 2.43. The Labute approximate surface area is 96.3 Å². The Morgan fingerprint density at radius 1 is 0.867 bits per heavy atom. The van der Waals surface area contributed by atoms with Crippen LogP contribution in [0.1, 0.15) is 72.6 Å². The molecule has 0 rings (SSSR count). The summed E-state index contributed by atoms with van der Waals surface area (Å²) in [6, 6.07) is 0. The van der Waals surface area contributed by atoms with Gasteiger partial charge in [0.2, 0.25) is 0 Å². The molecule has 0 amide bonds. The Kier molecular flexibility index (Phi) is 9.18. The fraction of sp³-hybridized carbons (Fsp3) is 1.00. The molecule has 0 aliphatic heterocycles. The molecule has 0 fully saturated rings. The van der Waals surface area contributed by atoms with Crippen molar-refractivity contribution in [1.82, 2.24) is 0 Å². The molecule has 92 valence electrons. The largest absolute Gasteiger partial charge is 0.393 e. The van der Waals surface area contributed by atoms with Gasteiger partial charge in [-0.05, 0) is 31.1 Å². The molecule has 0 radical (unpaired) electrons. The number of aliphatic hydroxyl groups excluding tert-OH is 1. The SMILES string of the molecule is CCCC(CCC)C(O)CC(CC)CC. The molecule has 1 heteroatoms. The van der Waals surface area contributed by atoms with Crippen molar-refractivity contribution in [3.8, 4) is 0 Å². The summed E-state index contributed by atoms with van der Waals surface area (Å²) in [6.45, 7) is 8.89. The van der Waals surface area contributed by atoms with Gasteiger partial charge in [0.15, 0.2) is 0 Å². The van der Waals surface area contributed by atoms with Crippen LogP contribution in [0.25, 0.3) is 0 Å². The van der Waals surface area contributed by atoms with Crippen LogP contribution in [0.5, 0.6) is 0 Å². The summed E-state index contributed by atoms with van der Waals surface area (Å²) in [6.07, 6.45) is 8.14. The molecule has 1 unspecified atom stereocenters. The average Bonchev–Trinajstić information content (AvgIpc) is 2.25. The molecule has 1 nitrogen and oxygen atoms in total. The highest BCUT2D eigenvalue weighted by Crippen LogP contribution is 2.25. The van der Waals surface area contributed by atoms with Gasteiger partial charge in [0.05, 0.1) is 6.10 Å². The summed E-state index contributed by atoms with van der Waals surface area (Å²) in [7, 11) is 0. The van der Waals surface area contributed by atoms with Crippen LogP contribution in [0.4, 0.5) is 0 Å². The zero-order valence-electron chi connectivity index (χ0n) is 11.1. The topological polar surface area (TPSA) is 20.2 Å². The van der Waals surface area contributed by atoms with Crippen LogP contribution in [0, 0.1) is 11.8 Å². The zero-order chi connectivity index (χ0) is 11.7. The second-order valence-corrected chi connectivity index (χ2v) is 4.82. The van der Waals surface area contributed by atoms with Gasteiger partial charge in [0.25, 0.3) is 0 Å². The zero-order valence-corrected chi connectivity index (χ0v) is 11.1. The lowest BCUT2D eigenvalue weighted by Crippen LogP contribution is -2.23. The van der Waals surface area contributed by atoms with Gasteiger partial charge in [0.1, 0.15) is 0 Å². The van der Waals surface area contributed by atoms with Crippen molar-refractivity contribution in [3.63, 3.8) is 0 Å². The molecule has 0 aliphatic carbocycles.